The topological polar surface area (TPSA) is 107 Å². The third kappa shape index (κ3) is 2.92. The van der Waals surface area contributed by atoms with E-state index in [0.717, 1.165) is 0 Å². The number of piperidine rings is 1. The molecule has 0 spiro atoms. The summed E-state index contributed by atoms with van der Waals surface area (Å²) >= 11 is 0. The molecule has 1 fully saturated rings. The fraction of sp³-hybridized carbons (Fsp3) is 0.438. The summed E-state index contributed by atoms with van der Waals surface area (Å²) in [4.78, 5) is 38.4. The first-order chi connectivity index (χ1) is 11.4. The Labute approximate surface area is 138 Å². The molecule has 128 valence electrons. The van der Waals surface area contributed by atoms with E-state index in [1.54, 1.807) is 24.3 Å². The highest BCUT2D eigenvalue weighted by Gasteiger charge is 2.41. The van der Waals surface area contributed by atoms with Gasteiger partial charge in [0.25, 0.3) is 5.91 Å². The summed E-state index contributed by atoms with van der Waals surface area (Å²) < 4.78 is 5.33. The number of benzene rings is 1. The van der Waals surface area contributed by atoms with Crippen LogP contribution in [0.3, 0.4) is 0 Å². The highest BCUT2D eigenvalue weighted by Crippen LogP contribution is 2.31. The number of hydrogen-bond donors (Lipinski definition) is 2. The molecule has 0 aromatic heterocycles. The van der Waals surface area contributed by atoms with Crippen LogP contribution in [0.5, 0.6) is 5.75 Å². The quantitative estimate of drug-likeness (QED) is 0.796. The van der Waals surface area contributed by atoms with Crippen LogP contribution in [-0.2, 0) is 14.4 Å². The lowest BCUT2D eigenvalue weighted by Crippen LogP contribution is -2.53. The molecule has 0 bridgehead atoms. The molecular formula is C16H18N2O6. The van der Waals surface area contributed by atoms with Crippen molar-refractivity contribution < 1.29 is 29.3 Å². The standard InChI is InChI=1S/C16H18N2O6/c19-13(17-7-5-16(23,6-8-17)15(21)22)9-18-11-3-1-2-4-12(11)24-10-14(18)20/h1-4,23H,5-10H2,(H,21,22). The average molecular weight is 334 g/mol. The van der Waals surface area contributed by atoms with Crippen molar-refractivity contribution in [3.05, 3.63) is 24.3 Å². The number of aliphatic hydroxyl groups is 1. The molecule has 2 N–H and O–H groups in total. The molecule has 1 aromatic rings. The van der Waals surface area contributed by atoms with Crippen LogP contribution in [-0.4, -0.2) is 64.7 Å². The molecule has 8 nitrogen and oxygen atoms in total. The Kier molecular flexibility index (Phi) is 4.15. The van der Waals surface area contributed by atoms with Crippen molar-refractivity contribution in [1.82, 2.24) is 4.90 Å². The SMILES string of the molecule is O=C(CN1C(=O)COc2ccccc21)N1CCC(O)(C(=O)O)CC1. The predicted octanol–water partition coefficient (Wildman–Crippen LogP) is -0.150. The molecule has 2 aliphatic rings. The van der Waals surface area contributed by atoms with Gasteiger partial charge in [0.1, 0.15) is 12.3 Å². The zero-order valence-electron chi connectivity index (χ0n) is 13.0. The number of carbonyl (C=O) groups excluding carboxylic acids is 2. The predicted molar refractivity (Wildman–Crippen MR) is 82.7 cm³/mol. The van der Waals surface area contributed by atoms with E-state index in [2.05, 4.69) is 0 Å². The summed E-state index contributed by atoms with van der Waals surface area (Å²) in [6, 6.07) is 6.98. The number of ether oxygens (including phenoxy) is 1. The van der Waals surface area contributed by atoms with Crippen molar-refractivity contribution >= 4 is 23.5 Å². The minimum atomic E-state index is -1.78. The van der Waals surface area contributed by atoms with Crippen LogP contribution in [0.2, 0.25) is 0 Å². The van der Waals surface area contributed by atoms with Crippen molar-refractivity contribution in [2.24, 2.45) is 0 Å². The smallest absolute Gasteiger partial charge is 0.335 e. The summed E-state index contributed by atoms with van der Waals surface area (Å²) in [6.45, 7) is 0.0252. The number of nitrogens with zero attached hydrogens (tertiary/aromatic N) is 2. The Hall–Kier alpha value is -2.61. The van der Waals surface area contributed by atoms with Gasteiger partial charge in [-0.15, -0.1) is 0 Å². The molecule has 8 heteroatoms. The molecule has 1 aromatic carbocycles. The monoisotopic (exact) mass is 334 g/mol. The summed E-state index contributed by atoms with van der Waals surface area (Å²) in [5.41, 5.74) is -1.24. The number of rotatable bonds is 3. The first-order valence-corrected chi connectivity index (χ1v) is 7.66. The highest BCUT2D eigenvalue weighted by atomic mass is 16.5. The first kappa shape index (κ1) is 16.3. The van der Waals surface area contributed by atoms with Gasteiger partial charge in [-0.25, -0.2) is 4.79 Å². The molecule has 0 unspecified atom stereocenters. The van der Waals surface area contributed by atoms with Gasteiger partial charge >= 0.3 is 5.97 Å². The van der Waals surface area contributed by atoms with Gasteiger partial charge in [0.15, 0.2) is 12.2 Å². The number of para-hydroxylation sites is 2. The zero-order valence-corrected chi connectivity index (χ0v) is 13.0. The van der Waals surface area contributed by atoms with Crippen LogP contribution >= 0.6 is 0 Å². The Bertz CT molecular complexity index is 681. The third-order valence-corrected chi connectivity index (χ3v) is 4.44. The van der Waals surface area contributed by atoms with Crippen molar-refractivity contribution in [2.75, 3.05) is 31.1 Å². The van der Waals surface area contributed by atoms with Gasteiger partial charge in [0, 0.05) is 25.9 Å². The fourth-order valence-electron chi connectivity index (χ4n) is 2.90. The minimum absolute atomic E-state index is 0.0261. The van der Waals surface area contributed by atoms with E-state index in [4.69, 9.17) is 9.84 Å². The Morgan fingerprint density at radius 2 is 1.88 bits per heavy atom. The summed E-state index contributed by atoms with van der Waals surface area (Å²) in [5.74, 6) is -1.32. The van der Waals surface area contributed by atoms with Crippen molar-refractivity contribution in [3.8, 4) is 5.75 Å². The van der Waals surface area contributed by atoms with E-state index < -0.39 is 11.6 Å². The van der Waals surface area contributed by atoms with Crippen molar-refractivity contribution in [1.29, 1.82) is 0 Å². The van der Waals surface area contributed by atoms with Gasteiger partial charge in [-0.05, 0) is 12.1 Å². The Balaban J connectivity index is 1.68. The van der Waals surface area contributed by atoms with E-state index in [9.17, 15) is 19.5 Å². The highest BCUT2D eigenvalue weighted by molar-refractivity contribution is 6.02. The van der Waals surface area contributed by atoms with Gasteiger partial charge < -0.3 is 19.8 Å². The largest absolute Gasteiger partial charge is 0.482 e. The molecule has 1 saturated heterocycles. The number of carbonyl (C=O) groups is 3. The molecule has 0 saturated carbocycles. The molecule has 0 aliphatic carbocycles. The zero-order chi connectivity index (χ0) is 17.3. The Morgan fingerprint density at radius 3 is 2.54 bits per heavy atom. The van der Waals surface area contributed by atoms with Crippen LogP contribution in [0.4, 0.5) is 5.69 Å². The van der Waals surface area contributed by atoms with Gasteiger partial charge in [0.2, 0.25) is 5.91 Å². The number of anilines is 1. The van der Waals surface area contributed by atoms with Crippen molar-refractivity contribution in [2.45, 2.75) is 18.4 Å². The lowest BCUT2D eigenvalue weighted by atomic mass is 9.91. The van der Waals surface area contributed by atoms with Crippen LogP contribution in [0.25, 0.3) is 0 Å². The number of aliphatic carboxylic acids is 1. The Morgan fingerprint density at radius 1 is 1.21 bits per heavy atom. The second-order valence-corrected chi connectivity index (χ2v) is 5.95. The number of hydrogen-bond acceptors (Lipinski definition) is 5. The van der Waals surface area contributed by atoms with Crippen molar-refractivity contribution in [3.63, 3.8) is 0 Å². The van der Waals surface area contributed by atoms with Gasteiger partial charge in [-0.2, -0.15) is 0 Å². The van der Waals surface area contributed by atoms with E-state index in [1.807, 2.05) is 0 Å². The molecule has 3 rings (SSSR count). The summed E-state index contributed by atoms with van der Waals surface area (Å²) in [7, 11) is 0. The lowest BCUT2D eigenvalue weighted by Gasteiger charge is -2.37. The second-order valence-electron chi connectivity index (χ2n) is 5.95. The number of amides is 2. The van der Waals surface area contributed by atoms with Gasteiger partial charge in [-0.3, -0.25) is 14.5 Å². The maximum Gasteiger partial charge on any atom is 0.335 e. The normalized spacial score (nSPS) is 19.5. The van der Waals surface area contributed by atoms with E-state index >= 15 is 0 Å². The maximum absolute atomic E-state index is 12.5. The summed E-state index contributed by atoms with van der Waals surface area (Å²) in [6.07, 6.45) is -0.0521. The molecule has 2 heterocycles. The van der Waals surface area contributed by atoms with Gasteiger partial charge in [0.05, 0.1) is 5.69 Å². The molecule has 0 radical (unpaired) electrons. The number of carboxylic acid groups (broad SMARTS) is 1. The third-order valence-electron chi connectivity index (χ3n) is 4.44. The van der Waals surface area contributed by atoms with E-state index in [0.29, 0.717) is 11.4 Å². The average Bonchev–Trinajstić information content (AvgIpc) is 2.58. The van der Waals surface area contributed by atoms with E-state index in [-0.39, 0.29) is 50.9 Å². The molecular weight excluding hydrogens is 316 g/mol. The minimum Gasteiger partial charge on any atom is -0.482 e. The molecule has 2 aliphatic heterocycles. The number of likely N-dealkylation sites (tertiary alicyclic amines) is 1. The molecule has 2 amide bonds. The maximum atomic E-state index is 12.5. The lowest BCUT2D eigenvalue weighted by molar-refractivity contribution is -0.165. The number of carboxylic acids is 1. The fourth-order valence-corrected chi connectivity index (χ4v) is 2.90. The summed E-state index contributed by atoms with van der Waals surface area (Å²) in [5, 5.41) is 18.9. The van der Waals surface area contributed by atoms with E-state index in [1.165, 1.54) is 9.80 Å². The van der Waals surface area contributed by atoms with Crippen LogP contribution < -0.4 is 9.64 Å². The van der Waals surface area contributed by atoms with Crippen LogP contribution in [0, 0.1) is 0 Å². The molecule has 0 atom stereocenters. The number of fused-ring (bicyclic) bond motifs is 1. The molecule has 24 heavy (non-hydrogen) atoms. The second kappa shape index (κ2) is 6.12. The first-order valence-electron chi connectivity index (χ1n) is 7.66. The van der Waals surface area contributed by atoms with Crippen LogP contribution in [0.1, 0.15) is 12.8 Å². The van der Waals surface area contributed by atoms with Crippen LogP contribution in [0.15, 0.2) is 24.3 Å². The van der Waals surface area contributed by atoms with Gasteiger partial charge in [-0.1, -0.05) is 12.1 Å².